The first-order valence-corrected chi connectivity index (χ1v) is 6.00. The molecule has 0 aromatic rings. The van der Waals surface area contributed by atoms with Crippen molar-refractivity contribution in [1.29, 1.82) is 0 Å². The molecule has 0 unspecified atom stereocenters. The number of carbonyl (C=O) groups is 1. The first kappa shape index (κ1) is 14.4. The van der Waals surface area contributed by atoms with E-state index in [1.807, 2.05) is 0 Å². The fraction of sp³-hybridized carbons (Fsp3) is 0.917. The molecule has 0 amide bonds. The molecule has 0 spiro atoms. The number of ether oxygens (including phenoxy) is 1. The predicted octanol–water partition coefficient (Wildman–Crippen LogP) is 1.62. The Balaban J connectivity index is 3.81. The fourth-order valence-corrected chi connectivity index (χ4v) is 1.51. The Morgan fingerprint density at radius 2 is 1.80 bits per heavy atom. The smallest absolute Gasteiger partial charge is 0.364 e. The molecular weight excluding hydrogens is 190 g/mol. The normalized spacial score (nSPS) is 13.3. The van der Waals surface area contributed by atoms with Crippen molar-refractivity contribution in [3.8, 4) is 0 Å². The highest BCUT2D eigenvalue weighted by Crippen LogP contribution is 2.09. The maximum atomic E-state index is 11.5. The summed E-state index contributed by atoms with van der Waals surface area (Å²) in [5.41, 5.74) is 3.83. The van der Waals surface area contributed by atoms with Crippen LogP contribution in [0.25, 0.3) is 0 Å². The van der Waals surface area contributed by atoms with Crippen LogP contribution in [0.5, 0.6) is 0 Å². The summed E-state index contributed by atoms with van der Waals surface area (Å²) in [5, 5.41) is 0. The topological polar surface area (TPSA) is 53.9 Å². The molecule has 3 nitrogen and oxygen atoms in total. The molecule has 3 N–H and O–H groups in total. The van der Waals surface area contributed by atoms with Crippen LogP contribution in [0, 0.1) is 11.8 Å². The standard InChI is InChI=1S/C12H25NO2/c1-5-10(6-2)8-15-12(14)11(13)7-9(3)4/h9-11H,5-8,13H2,1-4H3/p+1/t11-/m0/s1. The Hall–Kier alpha value is -0.570. The van der Waals surface area contributed by atoms with Crippen LogP contribution in [0.1, 0.15) is 47.0 Å². The van der Waals surface area contributed by atoms with Gasteiger partial charge in [-0.1, -0.05) is 40.5 Å². The van der Waals surface area contributed by atoms with Gasteiger partial charge in [0, 0.05) is 6.42 Å². The van der Waals surface area contributed by atoms with Gasteiger partial charge in [0.15, 0.2) is 6.04 Å². The van der Waals surface area contributed by atoms with Crippen molar-refractivity contribution in [2.45, 2.75) is 53.0 Å². The third kappa shape index (κ3) is 6.50. The summed E-state index contributed by atoms with van der Waals surface area (Å²) in [7, 11) is 0. The lowest BCUT2D eigenvalue weighted by Crippen LogP contribution is -2.65. The van der Waals surface area contributed by atoms with Gasteiger partial charge in [0.25, 0.3) is 0 Å². The fourth-order valence-electron chi connectivity index (χ4n) is 1.51. The molecule has 0 rings (SSSR count). The van der Waals surface area contributed by atoms with Crippen LogP contribution in [0.4, 0.5) is 0 Å². The zero-order valence-corrected chi connectivity index (χ0v) is 10.6. The van der Waals surface area contributed by atoms with Crippen molar-refractivity contribution in [2.24, 2.45) is 11.8 Å². The summed E-state index contributed by atoms with van der Waals surface area (Å²) in [4.78, 5) is 11.5. The third-order valence-electron chi connectivity index (χ3n) is 2.71. The number of quaternary nitrogens is 1. The maximum Gasteiger partial charge on any atom is 0.364 e. The van der Waals surface area contributed by atoms with Crippen LogP contribution in [-0.2, 0) is 9.53 Å². The molecular formula is C12H26NO2+. The van der Waals surface area contributed by atoms with E-state index in [9.17, 15) is 4.79 Å². The van der Waals surface area contributed by atoms with Gasteiger partial charge in [-0.2, -0.15) is 0 Å². The summed E-state index contributed by atoms with van der Waals surface area (Å²) < 4.78 is 5.25. The van der Waals surface area contributed by atoms with E-state index in [0.29, 0.717) is 18.4 Å². The minimum atomic E-state index is -0.209. The summed E-state index contributed by atoms with van der Waals surface area (Å²) >= 11 is 0. The zero-order valence-electron chi connectivity index (χ0n) is 10.6. The Morgan fingerprint density at radius 3 is 2.20 bits per heavy atom. The molecule has 0 aliphatic rings. The van der Waals surface area contributed by atoms with Gasteiger partial charge in [0.2, 0.25) is 0 Å². The molecule has 3 heteroatoms. The van der Waals surface area contributed by atoms with Crippen LogP contribution >= 0.6 is 0 Å². The largest absolute Gasteiger partial charge is 0.461 e. The minimum absolute atomic E-state index is 0.143. The number of hydrogen-bond acceptors (Lipinski definition) is 2. The first-order chi connectivity index (χ1) is 7.01. The molecule has 0 fully saturated rings. The van der Waals surface area contributed by atoms with E-state index < -0.39 is 0 Å². The van der Waals surface area contributed by atoms with Gasteiger partial charge in [-0.15, -0.1) is 0 Å². The van der Waals surface area contributed by atoms with Crippen molar-refractivity contribution >= 4 is 5.97 Å². The molecule has 0 heterocycles. The van der Waals surface area contributed by atoms with Crippen LogP contribution in [0.15, 0.2) is 0 Å². The molecule has 0 aliphatic carbocycles. The summed E-state index contributed by atoms with van der Waals surface area (Å²) in [5.74, 6) is 0.851. The molecule has 15 heavy (non-hydrogen) atoms. The van der Waals surface area contributed by atoms with Gasteiger partial charge in [-0.25, -0.2) is 4.79 Å². The van der Waals surface area contributed by atoms with Crippen LogP contribution < -0.4 is 5.73 Å². The van der Waals surface area contributed by atoms with Crippen LogP contribution in [0.2, 0.25) is 0 Å². The SMILES string of the molecule is CCC(CC)COC(=O)[C@@H]([NH3+])CC(C)C. The molecule has 0 bridgehead atoms. The van der Waals surface area contributed by atoms with E-state index in [4.69, 9.17) is 4.74 Å². The number of rotatable bonds is 7. The molecule has 0 saturated carbocycles. The summed E-state index contributed by atoms with van der Waals surface area (Å²) in [6.07, 6.45) is 2.94. The number of hydrogen-bond donors (Lipinski definition) is 1. The second kappa shape index (κ2) is 7.69. The molecule has 0 aliphatic heterocycles. The Kier molecular flexibility index (Phi) is 7.39. The zero-order chi connectivity index (χ0) is 11.8. The predicted molar refractivity (Wildman–Crippen MR) is 61.2 cm³/mol. The maximum absolute atomic E-state index is 11.5. The lowest BCUT2D eigenvalue weighted by Gasteiger charge is -2.15. The van der Waals surface area contributed by atoms with E-state index >= 15 is 0 Å². The average Bonchev–Trinajstić information content (AvgIpc) is 2.18. The van der Waals surface area contributed by atoms with Crippen LogP contribution in [-0.4, -0.2) is 18.6 Å². The molecule has 90 valence electrons. The lowest BCUT2D eigenvalue weighted by molar-refractivity contribution is -0.411. The second-order valence-corrected chi connectivity index (χ2v) is 4.64. The van der Waals surface area contributed by atoms with Crippen molar-refractivity contribution in [3.05, 3.63) is 0 Å². The van der Waals surface area contributed by atoms with Gasteiger partial charge in [0.05, 0.1) is 6.61 Å². The third-order valence-corrected chi connectivity index (χ3v) is 2.71. The lowest BCUT2D eigenvalue weighted by atomic mass is 10.0. The van der Waals surface area contributed by atoms with Gasteiger partial charge in [0.1, 0.15) is 0 Å². The second-order valence-electron chi connectivity index (χ2n) is 4.64. The van der Waals surface area contributed by atoms with Gasteiger partial charge < -0.3 is 10.5 Å². The first-order valence-electron chi connectivity index (χ1n) is 6.00. The Labute approximate surface area is 93.4 Å². The molecule has 0 aromatic carbocycles. The molecule has 1 atom stereocenters. The molecule has 0 radical (unpaired) electrons. The average molecular weight is 216 g/mol. The summed E-state index contributed by atoms with van der Waals surface area (Å²) in [6.45, 7) is 8.98. The van der Waals surface area contributed by atoms with E-state index in [1.54, 1.807) is 0 Å². The van der Waals surface area contributed by atoms with E-state index in [-0.39, 0.29) is 12.0 Å². The number of esters is 1. The highest BCUT2D eigenvalue weighted by molar-refractivity contribution is 5.73. The Morgan fingerprint density at radius 1 is 1.27 bits per heavy atom. The van der Waals surface area contributed by atoms with Gasteiger partial charge >= 0.3 is 5.97 Å². The van der Waals surface area contributed by atoms with Crippen molar-refractivity contribution in [2.75, 3.05) is 6.61 Å². The van der Waals surface area contributed by atoms with E-state index in [2.05, 4.69) is 33.4 Å². The summed E-state index contributed by atoms with van der Waals surface area (Å²) in [6, 6.07) is -0.209. The van der Waals surface area contributed by atoms with Crippen molar-refractivity contribution in [3.63, 3.8) is 0 Å². The Bertz CT molecular complexity index is 176. The van der Waals surface area contributed by atoms with Crippen molar-refractivity contribution < 1.29 is 15.3 Å². The van der Waals surface area contributed by atoms with Crippen LogP contribution in [0.3, 0.4) is 0 Å². The monoisotopic (exact) mass is 216 g/mol. The van der Waals surface area contributed by atoms with Gasteiger partial charge in [-0.05, 0) is 11.8 Å². The van der Waals surface area contributed by atoms with E-state index in [1.165, 1.54) is 0 Å². The van der Waals surface area contributed by atoms with Crippen molar-refractivity contribution in [1.82, 2.24) is 0 Å². The molecule has 0 saturated heterocycles. The quantitative estimate of drug-likeness (QED) is 0.657. The highest BCUT2D eigenvalue weighted by atomic mass is 16.5. The highest BCUT2D eigenvalue weighted by Gasteiger charge is 2.20. The minimum Gasteiger partial charge on any atom is -0.461 e. The van der Waals surface area contributed by atoms with E-state index in [0.717, 1.165) is 19.3 Å². The number of carbonyl (C=O) groups excluding carboxylic acids is 1. The molecule has 0 aromatic heterocycles. The van der Waals surface area contributed by atoms with Gasteiger partial charge in [-0.3, -0.25) is 0 Å².